The molecule has 0 aliphatic rings. The lowest BCUT2D eigenvalue weighted by molar-refractivity contribution is 0.294. The summed E-state index contributed by atoms with van der Waals surface area (Å²) in [6, 6.07) is 12.8. The summed E-state index contributed by atoms with van der Waals surface area (Å²) in [6.07, 6.45) is 0.939. The molecule has 0 bridgehead atoms. The third kappa shape index (κ3) is 3.89. The van der Waals surface area contributed by atoms with Crippen LogP contribution in [0.3, 0.4) is 0 Å². The monoisotopic (exact) mass is 297 g/mol. The lowest BCUT2D eigenvalue weighted by atomic mass is 9.92. The smallest absolute Gasteiger partial charge is 0.125 e. The zero-order valence-electron chi connectivity index (χ0n) is 14.1. The van der Waals surface area contributed by atoms with Gasteiger partial charge in [-0.25, -0.2) is 0 Å². The molecule has 2 heteroatoms. The molecule has 0 spiro atoms. The van der Waals surface area contributed by atoms with Crippen LogP contribution in [0.1, 0.15) is 40.2 Å². The van der Waals surface area contributed by atoms with Crippen LogP contribution in [-0.2, 0) is 0 Å². The van der Waals surface area contributed by atoms with E-state index < -0.39 is 0 Å². The number of aryl methyl sites for hydroxylation is 4. The molecule has 0 fully saturated rings. The summed E-state index contributed by atoms with van der Waals surface area (Å²) < 4.78 is 6.06. The predicted molar refractivity (Wildman–Crippen MR) is 93.7 cm³/mol. The molecule has 22 heavy (non-hydrogen) atoms. The van der Waals surface area contributed by atoms with Crippen LogP contribution in [0.25, 0.3) is 0 Å². The van der Waals surface area contributed by atoms with E-state index in [2.05, 4.69) is 64.1 Å². The normalized spacial score (nSPS) is 12.2. The van der Waals surface area contributed by atoms with Gasteiger partial charge in [0.2, 0.25) is 0 Å². The zero-order valence-corrected chi connectivity index (χ0v) is 14.1. The van der Waals surface area contributed by atoms with Gasteiger partial charge in [0.15, 0.2) is 0 Å². The minimum atomic E-state index is 0.354. The van der Waals surface area contributed by atoms with Crippen LogP contribution in [0.15, 0.2) is 36.4 Å². The quantitative estimate of drug-likeness (QED) is 0.856. The van der Waals surface area contributed by atoms with E-state index in [4.69, 9.17) is 10.5 Å². The maximum Gasteiger partial charge on any atom is 0.125 e. The minimum Gasteiger partial charge on any atom is -0.493 e. The van der Waals surface area contributed by atoms with Crippen LogP contribution in [0.5, 0.6) is 5.75 Å². The summed E-state index contributed by atoms with van der Waals surface area (Å²) in [7, 11) is 0. The summed E-state index contributed by atoms with van der Waals surface area (Å²) in [4.78, 5) is 0. The van der Waals surface area contributed by atoms with Crippen LogP contribution in [0.4, 0.5) is 0 Å². The molecule has 0 heterocycles. The molecule has 2 N–H and O–H groups in total. The Balaban J connectivity index is 2.02. The first kappa shape index (κ1) is 16.6. The van der Waals surface area contributed by atoms with Gasteiger partial charge >= 0.3 is 0 Å². The average Bonchev–Trinajstić information content (AvgIpc) is 2.47. The van der Waals surface area contributed by atoms with Crippen LogP contribution in [0.2, 0.25) is 0 Å². The lowest BCUT2D eigenvalue weighted by Gasteiger charge is -2.19. The molecule has 1 unspecified atom stereocenters. The molecule has 0 amide bonds. The fourth-order valence-corrected chi connectivity index (χ4v) is 3.14. The number of rotatable bonds is 6. The molecule has 0 aromatic heterocycles. The van der Waals surface area contributed by atoms with Gasteiger partial charge in [0, 0.05) is 0 Å². The van der Waals surface area contributed by atoms with Crippen LogP contribution in [0, 0.1) is 27.7 Å². The Morgan fingerprint density at radius 3 is 2.18 bits per heavy atom. The lowest BCUT2D eigenvalue weighted by Crippen LogP contribution is -2.16. The molecule has 0 saturated carbocycles. The summed E-state index contributed by atoms with van der Waals surface area (Å²) in [5.41, 5.74) is 12.3. The third-order valence-corrected chi connectivity index (χ3v) is 4.23. The summed E-state index contributed by atoms with van der Waals surface area (Å²) >= 11 is 0. The van der Waals surface area contributed by atoms with Crippen molar-refractivity contribution in [1.29, 1.82) is 0 Å². The van der Waals surface area contributed by atoms with Crippen LogP contribution in [-0.4, -0.2) is 13.2 Å². The van der Waals surface area contributed by atoms with E-state index >= 15 is 0 Å². The summed E-state index contributed by atoms with van der Waals surface area (Å²) in [5, 5.41) is 0. The standard InChI is InChI=1S/C20H27NO/c1-14-11-16(3)20(17(4)12-14)22-10-9-18(13-21)19-8-6-5-7-15(19)2/h5-8,11-12,18H,9-10,13,21H2,1-4H3. The van der Waals surface area contributed by atoms with Gasteiger partial charge in [-0.15, -0.1) is 0 Å². The highest BCUT2D eigenvalue weighted by Crippen LogP contribution is 2.26. The van der Waals surface area contributed by atoms with E-state index in [-0.39, 0.29) is 0 Å². The first-order valence-corrected chi connectivity index (χ1v) is 7.99. The van der Waals surface area contributed by atoms with E-state index in [1.807, 2.05) is 0 Å². The largest absolute Gasteiger partial charge is 0.493 e. The highest BCUT2D eigenvalue weighted by Gasteiger charge is 2.13. The zero-order chi connectivity index (χ0) is 16.1. The van der Waals surface area contributed by atoms with Gasteiger partial charge < -0.3 is 10.5 Å². The Hall–Kier alpha value is -1.80. The molecule has 0 radical (unpaired) electrons. The number of nitrogens with two attached hydrogens (primary N) is 1. The van der Waals surface area contributed by atoms with Crippen molar-refractivity contribution in [3.05, 3.63) is 64.2 Å². The molecule has 1 atom stereocenters. The fourth-order valence-electron chi connectivity index (χ4n) is 3.14. The van der Waals surface area contributed by atoms with E-state index in [0.29, 0.717) is 19.1 Å². The number of benzene rings is 2. The van der Waals surface area contributed by atoms with E-state index in [1.54, 1.807) is 0 Å². The van der Waals surface area contributed by atoms with Crippen molar-refractivity contribution >= 4 is 0 Å². The molecule has 2 rings (SSSR count). The molecule has 2 aromatic carbocycles. The van der Waals surface area contributed by atoms with Crippen LogP contribution < -0.4 is 10.5 Å². The summed E-state index contributed by atoms with van der Waals surface area (Å²) in [6.45, 7) is 9.83. The highest BCUT2D eigenvalue weighted by atomic mass is 16.5. The van der Waals surface area contributed by atoms with Gasteiger partial charge in [0.25, 0.3) is 0 Å². The molecule has 2 aromatic rings. The second-order valence-corrected chi connectivity index (χ2v) is 6.15. The maximum absolute atomic E-state index is 6.06. The minimum absolute atomic E-state index is 0.354. The van der Waals surface area contributed by atoms with Gasteiger partial charge in [-0.2, -0.15) is 0 Å². The Morgan fingerprint density at radius 1 is 0.955 bits per heavy atom. The average molecular weight is 297 g/mol. The molecular weight excluding hydrogens is 270 g/mol. The Labute approximate surface area is 134 Å². The second kappa shape index (κ2) is 7.46. The van der Waals surface area contributed by atoms with Crippen molar-refractivity contribution < 1.29 is 4.74 Å². The Morgan fingerprint density at radius 2 is 1.59 bits per heavy atom. The fraction of sp³-hybridized carbons (Fsp3) is 0.400. The third-order valence-electron chi connectivity index (χ3n) is 4.23. The topological polar surface area (TPSA) is 35.2 Å². The number of hydrogen-bond donors (Lipinski definition) is 1. The molecule has 0 saturated heterocycles. The van der Waals surface area contributed by atoms with Crippen molar-refractivity contribution in [2.45, 2.75) is 40.0 Å². The Bertz CT molecular complexity index is 610. The summed E-state index contributed by atoms with van der Waals surface area (Å²) in [5.74, 6) is 1.37. The SMILES string of the molecule is Cc1cc(C)c(OCCC(CN)c2ccccc2C)c(C)c1. The van der Waals surface area contributed by atoms with Gasteiger partial charge in [-0.1, -0.05) is 42.0 Å². The second-order valence-electron chi connectivity index (χ2n) is 6.15. The molecule has 0 aliphatic heterocycles. The predicted octanol–water partition coefficient (Wildman–Crippen LogP) is 4.43. The van der Waals surface area contributed by atoms with Crippen molar-refractivity contribution in [1.82, 2.24) is 0 Å². The van der Waals surface area contributed by atoms with Gasteiger partial charge in [-0.3, -0.25) is 0 Å². The van der Waals surface area contributed by atoms with Crippen molar-refractivity contribution in [3.8, 4) is 5.75 Å². The molecular formula is C20H27NO. The number of ether oxygens (including phenoxy) is 1. The van der Waals surface area contributed by atoms with Crippen molar-refractivity contribution in [2.24, 2.45) is 5.73 Å². The molecule has 118 valence electrons. The molecule has 0 aliphatic carbocycles. The first-order valence-electron chi connectivity index (χ1n) is 7.99. The van der Waals surface area contributed by atoms with Crippen molar-refractivity contribution in [3.63, 3.8) is 0 Å². The van der Waals surface area contributed by atoms with Gasteiger partial charge in [-0.05, 0) is 68.8 Å². The van der Waals surface area contributed by atoms with E-state index in [1.165, 1.54) is 27.8 Å². The maximum atomic E-state index is 6.06. The van der Waals surface area contributed by atoms with Crippen molar-refractivity contribution in [2.75, 3.05) is 13.2 Å². The van der Waals surface area contributed by atoms with Gasteiger partial charge in [0.1, 0.15) is 5.75 Å². The highest BCUT2D eigenvalue weighted by molar-refractivity contribution is 5.43. The number of hydrogen-bond acceptors (Lipinski definition) is 2. The van der Waals surface area contributed by atoms with Crippen LogP contribution >= 0.6 is 0 Å². The van der Waals surface area contributed by atoms with E-state index in [9.17, 15) is 0 Å². The van der Waals surface area contributed by atoms with Gasteiger partial charge in [0.05, 0.1) is 6.61 Å². The molecule has 2 nitrogen and oxygen atoms in total. The Kier molecular flexibility index (Phi) is 5.62. The van der Waals surface area contributed by atoms with E-state index in [0.717, 1.165) is 12.2 Å². The first-order chi connectivity index (χ1) is 10.5.